The third-order valence-corrected chi connectivity index (χ3v) is 2.61. The average Bonchev–Trinajstić information content (AvgIpc) is 2.38. The summed E-state index contributed by atoms with van der Waals surface area (Å²) >= 11 is 0. The van der Waals surface area contributed by atoms with E-state index in [4.69, 9.17) is 0 Å². The second-order valence-corrected chi connectivity index (χ2v) is 4.23. The number of hydrogen-bond donors (Lipinski definition) is 1. The van der Waals surface area contributed by atoms with E-state index in [1.807, 2.05) is 24.3 Å². The van der Waals surface area contributed by atoms with E-state index >= 15 is 0 Å². The smallest absolute Gasteiger partial charge is 0.0444 e. The fourth-order valence-electron chi connectivity index (χ4n) is 1.76. The summed E-state index contributed by atoms with van der Waals surface area (Å²) in [7, 11) is 0. The van der Waals surface area contributed by atoms with Crippen LogP contribution in [0.1, 0.15) is 19.4 Å². The molecule has 0 amide bonds. The third-order valence-electron chi connectivity index (χ3n) is 2.61. The highest BCUT2D eigenvalue weighted by Crippen LogP contribution is 2.21. The topological polar surface area (TPSA) is 12.0 Å². The first kappa shape index (κ1) is 11.5. The molecule has 1 heteroatoms. The molecule has 0 fully saturated rings. The van der Waals surface area contributed by atoms with Gasteiger partial charge in [0.05, 0.1) is 0 Å². The number of para-hydroxylation sites is 1. The maximum absolute atomic E-state index is 3.47. The van der Waals surface area contributed by atoms with Crippen molar-refractivity contribution in [2.75, 3.05) is 5.32 Å². The van der Waals surface area contributed by atoms with Gasteiger partial charge in [0, 0.05) is 11.4 Å². The SMILES string of the molecule is CC(C)=C(Nc1ccccc1)c1ccccc1. The molecular formula is C16H17N. The van der Waals surface area contributed by atoms with Crippen LogP contribution in [0, 0.1) is 0 Å². The Bertz CT molecular complexity index is 494. The van der Waals surface area contributed by atoms with Gasteiger partial charge >= 0.3 is 0 Å². The number of anilines is 1. The van der Waals surface area contributed by atoms with Crippen LogP contribution in [0.25, 0.3) is 5.70 Å². The van der Waals surface area contributed by atoms with E-state index < -0.39 is 0 Å². The standard InChI is InChI=1S/C16H17N/c1-13(2)16(14-9-5-3-6-10-14)17-15-11-7-4-8-12-15/h3-12,17H,1-2H3. The lowest BCUT2D eigenvalue weighted by molar-refractivity contribution is 1.36. The van der Waals surface area contributed by atoms with Crippen LogP contribution < -0.4 is 5.32 Å². The van der Waals surface area contributed by atoms with Gasteiger partial charge in [-0.05, 0) is 31.5 Å². The number of nitrogens with one attached hydrogen (secondary N) is 1. The Morgan fingerprint density at radius 3 is 1.82 bits per heavy atom. The molecule has 0 heterocycles. The normalized spacial score (nSPS) is 9.76. The summed E-state index contributed by atoms with van der Waals surface area (Å²) < 4.78 is 0. The summed E-state index contributed by atoms with van der Waals surface area (Å²) in [4.78, 5) is 0. The molecule has 86 valence electrons. The van der Waals surface area contributed by atoms with Crippen molar-refractivity contribution in [2.45, 2.75) is 13.8 Å². The van der Waals surface area contributed by atoms with Crippen molar-refractivity contribution < 1.29 is 0 Å². The van der Waals surface area contributed by atoms with Crippen LogP contribution in [0.4, 0.5) is 5.69 Å². The minimum absolute atomic E-state index is 1.12. The second-order valence-electron chi connectivity index (χ2n) is 4.23. The predicted octanol–water partition coefficient (Wildman–Crippen LogP) is 4.55. The number of benzene rings is 2. The van der Waals surface area contributed by atoms with Crippen LogP contribution in [0.15, 0.2) is 66.2 Å². The minimum atomic E-state index is 1.12. The Balaban J connectivity index is 2.31. The molecule has 17 heavy (non-hydrogen) atoms. The monoisotopic (exact) mass is 223 g/mol. The van der Waals surface area contributed by atoms with Crippen LogP contribution in [0.5, 0.6) is 0 Å². The first-order chi connectivity index (χ1) is 8.27. The minimum Gasteiger partial charge on any atom is -0.355 e. The Kier molecular flexibility index (Phi) is 3.61. The molecule has 2 rings (SSSR count). The molecule has 0 bridgehead atoms. The largest absolute Gasteiger partial charge is 0.355 e. The molecule has 0 spiro atoms. The lowest BCUT2D eigenvalue weighted by Crippen LogP contribution is -2.00. The van der Waals surface area contributed by atoms with Crippen molar-refractivity contribution in [1.29, 1.82) is 0 Å². The van der Waals surface area contributed by atoms with Gasteiger partial charge in [-0.15, -0.1) is 0 Å². The zero-order chi connectivity index (χ0) is 12.1. The van der Waals surface area contributed by atoms with E-state index in [2.05, 4.69) is 55.6 Å². The summed E-state index contributed by atoms with van der Waals surface area (Å²) in [5.74, 6) is 0. The van der Waals surface area contributed by atoms with Crippen molar-refractivity contribution in [2.24, 2.45) is 0 Å². The van der Waals surface area contributed by atoms with E-state index in [9.17, 15) is 0 Å². The molecule has 0 unspecified atom stereocenters. The maximum Gasteiger partial charge on any atom is 0.0444 e. The Morgan fingerprint density at radius 2 is 1.29 bits per heavy atom. The first-order valence-corrected chi connectivity index (χ1v) is 5.82. The highest BCUT2D eigenvalue weighted by Gasteiger charge is 2.02. The van der Waals surface area contributed by atoms with E-state index in [-0.39, 0.29) is 0 Å². The van der Waals surface area contributed by atoms with E-state index in [1.165, 1.54) is 16.8 Å². The average molecular weight is 223 g/mol. The summed E-state index contributed by atoms with van der Waals surface area (Å²) in [5.41, 5.74) is 4.79. The lowest BCUT2D eigenvalue weighted by Gasteiger charge is -2.13. The zero-order valence-corrected chi connectivity index (χ0v) is 10.3. The number of allylic oxidation sites excluding steroid dienone is 1. The highest BCUT2D eigenvalue weighted by atomic mass is 14.9. The van der Waals surface area contributed by atoms with Gasteiger partial charge in [-0.25, -0.2) is 0 Å². The summed E-state index contributed by atoms with van der Waals surface area (Å²) in [6.45, 7) is 4.25. The van der Waals surface area contributed by atoms with E-state index in [0.717, 1.165) is 5.69 Å². The number of rotatable bonds is 3. The molecule has 1 N–H and O–H groups in total. The van der Waals surface area contributed by atoms with Crippen LogP contribution >= 0.6 is 0 Å². The van der Waals surface area contributed by atoms with Crippen molar-refractivity contribution in [3.63, 3.8) is 0 Å². The molecule has 0 aromatic heterocycles. The molecule has 0 radical (unpaired) electrons. The van der Waals surface area contributed by atoms with E-state index in [0.29, 0.717) is 0 Å². The van der Waals surface area contributed by atoms with Gasteiger partial charge in [0.1, 0.15) is 0 Å². The van der Waals surface area contributed by atoms with Gasteiger partial charge in [0.2, 0.25) is 0 Å². The van der Waals surface area contributed by atoms with Crippen molar-refractivity contribution in [3.8, 4) is 0 Å². The van der Waals surface area contributed by atoms with Gasteiger partial charge in [0.25, 0.3) is 0 Å². The molecule has 1 nitrogen and oxygen atoms in total. The van der Waals surface area contributed by atoms with Crippen LogP contribution in [-0.2, 0) is 0 Å². The van der Waals surface area contributed by atoms with Crippen LogP contribution in [0.3, 0.4) is 0 Å². The molecule has 0 atom stereocenters. The lowest BCUT2D eigenvalue weighted by atomic mass is 10.1. The Morgan fingerprint density at radius 1 is 0.765 bits per heavy atom. The van der Waals surface area contributed by atoms with Gasteiger partial charge in [-0.1, -0.05) is 54.1 Å². The Hall–Kier alpha value is -2.02. The molecule has 0 aliphatic heterocycles. The summed E-state index contributed by atoms with van der Waals surface area (Å²) in [6.07, 6.45) is 0. The Labute approximate surface area is 103 Å². The van der Waals surface area contributed by atoms with Gasteiger partial charge in [0.15, 0.2) is 0 Å². The molecule has 0 saturated carbocycles. The van der Waals surface area contributed by atoms with Gasteiger partial charge < -0.3 is 5.32 Å². The molecule has 0 aliphatic rings. The fourth-order valence-corrected chi connectivity index (χ4v) is 1.76. The second kappa shape index (κ2) is 5.35. The fraction of sp³-hybridized carbons (Fsp3) is 0.125. The van der Waals surface area contributed by atoms with Gasteiger partial charge in [-0.2, -0.15) is 0 Å². The van der Waals surface area contributed by atoms with Crippen molar-refractivity contribution >= 4 is 11.4 Å². The molecule has 0 saturated heterocycles. The molecule has 0 aliphatic carbocycles. The van der Waals surface area contributed by atoms with Crippen molar-refractivity contribution in [3.05, 3.63) is 71.8 Å². The number of hydrogen-bond acceptors (Lipinski definition) is 1. The third kappa shape index (κ3) is 2.97. The van der Waals surface area contributed by atoms with Gasteiger partial charge in [-0.3, -0.25) is 0 Å². The summed E-state index contributed by atoms with van der Waals surface area (Å²) in [6, 6.07) is 20.7. The van der Waals surface area contributed by atoms with Crippen LogP contribution in [-0.4, -0.2) is 0 Å². The first-order valence-electron chi connectivity index (χ1n) is 5.82. The quantitative estimate of drug-likeness (QED) is 0.805. The van der Waals surface area contributed by atoms with E-state index in [1.54, 1.807) is 0 Å². The maximum atomic E-state index is 3.47. The summed E-state index contributed by atoms with van der Waals surface area (Å²) in [5, 5.41) is 3.47. The molecule has 2 aromatic rings. The zero-order valence-electron chi connectivity index (χ0n) is 10.3. The predicted molar refractivity (Wildman–Crippen MR) is 74.8 cm³/mol. The molecular weight excluding hydrogens is 206 g/mol. The van der Waals surface area contributed by atoms with Crippen LogP contribution in [0.2, 0.25) is 0 Å². The molecule has 2 aromatic carbocycles. The van der Waals surface area contributed by atoms with Crippen molar-refractivity contribution in [1.82, 2.24) is 0 Å². The highest BCUT2D eigenvalue weighted by molar-refractivity contribution is 5.78.